The summed E-state index contributed by atoms with van der Waals surface area (Å²) in [6.45, 7) is 6.95. The van der Waals surface area contributed by atoms with E-state index < -0.39 is 0 Å². The van der Waals surface area contributed by atoms with E-state index in [1.807, 2.05) is 0 Å². The molecule has 0 aromatic rings. The van der Waals surface area contributed by atoms with Gasteiger partial charge in [0.15, 0.2) is 0 Å². The number of ether oxygens (including phenoxy) is 1. The van der Waals surface area contributed by atoms with Gasteiger partial charge in [0.05, 0.1) is 11.7 Å². The van der Waals surface area contributed by atoms with Crippen molar-refractivity contribution in [2.75, 3.05) is 13.1 Å². The monoisotopic (exact) mass is 251 g/mol. The summed E-state index contributed by atoms with van der Waals surface area (Å²) >= 11 is 0. The van der Waals surface area contributed by atoms with Gasteiger partial charge < -0.3 is 10.1 Å². The van der Waals surface area contributed by atoms with Crippen molar-refractivity contribution in [2.24, 2.45) is 11.3 Å². The Morgan fingerprint density at radius 1 is 1.11 bits per heavy atom. The second kappa shape index (κ2) is 4.79. The molecule has 1 N–H and O–H groups in total. The largest absolute Gasteiger partial charge is 0.369 e. The van der Waals surface area contributed by atoms with Crippen LogP contribution in [0, 0.1) is 11.3 Å². The van der Waals surface area contributed by atoms with Crippen LogP contribution in [-0.2, 0) is 4.74 Å². The summed E-state index contributed by atoms with van der Waals surface area (Å²) in [6, 6.07) is 0. The zero-order valence-electron chi connectivity index (χ0n) is 12.1. The fourth-order valence-corrected chi connectivity index (χ4v) is 4.51. The first-order valence-corrected chi connectivity index (χ1v) is 8.00. The minimum Gasteiger partial charge on any atom is -0.369 e. The predicted molar refractivity (Wildman–Crippen MR) is 74.7 cm³/mol. The third-order valence-corrected chi connectivity index (χ3v) is 5.86. The van der Waals surface area contributed by atoms with Gasteiger partial charge in [-0.25, -0.2) is 0 Å². The fourth-order valence-electron chi connectivity index (χ4n) is 4.51. The molecule has 3 aliphatic rings. The van der Waals surface area contributed by atoms with Gasteiger partial charge in [-0.1, -0.05) is 39.5 Å². The Kier molecular flexibility index (Phi) is 3.44. The van der Waals surface area contributed by atoms with Crippen LogP contribution in [0.5, 0.6) is 0 Å². The van der Waals surface area contributed by atoms with Gasteiger partial charge in [0, 0.05) is 13.1 Å². The first-order chi connectivity index (χ1) is 8.61. The van der Waals surface area contributed by atoms with Crippen molar-refractivity contribution in [3.05, 3.63) is 0 Å². The average Bonchev–Trinajstić information content (AvgIpc) is 2.90. The molecule has 3 rings (SSSR count). The van der Waals surface area contributed by atoms with Crippen LogP contribution in [0.2, 0.25) is 0 Å². The highest BCUT2D eigenvalue weighted by atomic mass is 16.5. The molecule has 3 fully saturated rings. The Hall–Kier alpha value is -0.0800. The van der Waals surface area contributed by atoms with Crippen molar-refractivity contribution in [3.8, 4) is 0 Å². The molecule has 0 aromatic carbocycles. The molecule has 1 spiro atoms. The summed E-state index contributed by atoms with van der Waals surface area (Å²) in [4.78, 5) is 0. The lowest BCUT2D eigenvalue weighted by Gasteiger charge is -2.48. The van der Waals surface area contributed by atoms with Crippen molar-refractivity contribution < 1.29 is 4.74 Å². The van der Waals surface area contributed by atoms with Crippen molar-refractivity contribution in [3.63, 3.8) is 0 Å². The molecule has 2 unspecified atom stereocenters. The van der Waals surface area contributed by atoms with Gasteiger partial charge in [0.2, 0.25) is 0 Å². The summed E-state index contributed by atoms with van der Waals surface area (Å²) in [7, 11) is 0. The quantitative estimate of drug-likeness (QED) is 0.811. The highest BCUT2D eigenvalue weighted by Gasteiger charge is 2.52. The first kappa shape index (κ1) is 12.9. The van der Waals surface area contributed by atoms with E-state index in [0.717, 1.165) is 19.0 Å². The third kappa shape index (κ3) is 2.22. The second-order valence-corrected chi connectivity index (χ2v) is 7.49. The standard InChI is InChI=1S/C16H29NO/c1-15(2)8-5-9-16(15)12-17-11-14(18-16)10-13-6-3-4-7-13/h13-14,17H,3-12H2,1-2H3. The molecule has 2 atom stereocenters. The molecule has 0 radical (unpaired) electrons. The summed E-state index contributed by atoms with van der Waals surface area (Å²) < 4.78 is 6.65. The maximum Gasteiger partial charge on any atom is 0.0861 e. The van der Waals surface area contributed by atoms with Gasteiger partial charge in [-0.15, -0.1) is 0 Å². The summed E-state index contributed by atoms with van der Waals surface area (Å²) in [5, 5.41) is 3.67. The van der Waals surface area contributed by atoms with Crippen LogP contribution in [0.25, 0.3) is 0 Å². The van der Waals surface area contributed by atoms with Crippen molar-refractivity contribution in [1.29, 1.82) is 0 Å². The molecule has 2 aliphatic carbocycles. The zero-order chi connectivity index (χ0) is 12.6. The minimum absolute atomic E-state index is 0.133. The zero-order valence-corrected chi connectivity index (χ0v) is 12.1. The van der Waals surface area contributed by atoms with Crippen LogP contribution in [-0.4, -0.2) is 24.8 Å². The average molecular weight is 251 g/mol. The highest BCUT2D eigenvalue weighted by Crippen LogP contribution is 2.50. The molecule has 2 saturated carbocycles. The topological polar surface area (TPSA) is 21.3 Å². The van der Waals surface area contributed by atoms with E-state index in [4.69, 9.17) is 4.74 Å². The van der Waals surface area contributed by atoms with E-state index in [-0.39, 0.29) is 5.60 Å². The van der Waals surface area contributed by atoms with Crippen molar-refractivity contribution >= 4 is 0 Å². The Morgan fingerprint density at radius 2 is 1.89 bits per heavy atom. The minimum atomic E-state index is 0.133. The van der Waals surface area contributed by atoms with Gasteiger partial charge in [0.25, 0.3) is 0 Å². The smallest absolute Gasteiger partial charge is 0.0861 e. The molecule has 0 aromatic heterocycles. The lowest BCUT2D eigenvalue weighted by molar-refractivity contribution is -0.165. The molecule has 0 bridgehead atoms. The van der Waals surface area contributed by atoms with Crippen LogP contribution in [0.3, 0.4) is 0 Å². The van der Waals surface area contributed by atoms with E-state index >= 15 is 0 Å². The Morgan fingerprint density at radius 3 is 2.56 bits per heavy atom. The molecule has 1 saturated heterocycles. The second-order valence-electron chi connectivity index (χ2n) is 7.49. The van der Waals surface area contributed by atoms with Crippen molar-refractivity contribution in [2.45, 2.75) is 76.9 Å². The van der Waals surface area contributed by atoms with Gasteiger partial charge in [-0.2, -0.15) is 0 Å². The van der Waals surface area contributed by atoms with E-state index in [1.165, 1.54) is 51.4 Å². The van der Waals surface area contributed by atoms with Crippen molar-refractivity contribution in [1.82, 2.24) is 5.32 Å². The molecule has 1 aliphatic heterocycles. The Balaban J connectivity index is 1.64. The highest BCUT2D eigenvalue weighted by molar-refractivity contribution is 5.04. The van der Waals surface area contributed by atoms with Gasteiger partial charge in [-0.3, -0.25) is 0 Å². The van der Waals surface area contributed by atoms with E-state index in [2.05, 4.69) is 19.2 Å². The third-order valence-electron chi connectivity index (χ3n) is 5.86. The normalized spacial score (nSPS) is 40.7. The molecular weight excluding hydrogens is 222 g/mol. The summed E-state index contributed by atoms with van der Waals surface area (Å²) in [5.74, 6) is 0.941. The molecule has 2 heteroatoms. The summed E-state index contributed by atoms with van der Waals surface area (Å²) in [6.07, 6.45) is 11.5. The lowest BCUT2D eigenvalue weighted by Crippen LogP contribution is -2.58. The van der Waals surface area contributed by atoms with Crippen LogP contribution in [0.1, 0.15) is 65.2 Å². The van der Waals surface area contributed by atoms with Crippen LogP contribution in [0.4, 0.5) is 0 Å². The van der Waals surface area contributed by atoms with E-state index in [0.29, 0.717) is 11.5 Å². The number of hydrogen-bond acceptors (Lipinski definition) is 2. The number of morpholine rings is 1. The molecule has 0 amide bonds. The Labute approximate surface area is 112 Å². The number of hydrogen-bond donors (Lipinski definition) is 1. The maximum absolute atomic E-state index is 6.65. The van der Waals surface area contributed by atoms with Crippen LogP contribution >= 0.6 is 0 Å². The summed E-state index contributed by atoms with van der Waals surface area (Å²) in [5.41, 5.74) is 0.489. The van der Waals surface area contributed by atoms with E-state index in [9.17, 15) is 0 Å². The fraction of sp³-hybridized carbons (Fsp3) is 1.00. The molecular formula is C16H29NO. The first-order valence-electron chi connectivity index (χ1n) is 8.00. The van der Waals surface area contributed by atoms with Gasteiger partial charge >= 0.3 is 0 Å². The molecule has 1 heterocycles. The molecule has 18 heavy (non-hydrogen) atoms. The number of rotatable bonds is 2. The van der Waals surface area contributed by atoms with Gasteiger partial charge in [-0.05, 0) is 37.0 Å². The molecule has 104 valence electrons. The predicted octanol–water partition coefficient (Wildman–Crippen LogP) is 3.50. The van der Waals surface area contributed by atoms with E-state index in [1.54, 1.807) is 0 Å². The SMILES string of the molecule is CC1(C)CCCC12CNCC(CC1CCCC1)O2. The Bertz CT molecular complexity index is 295. The lowest BCUT2D eigenvalue weighted by atomic mass is 9.76. The van der Waals surface area contributed by atoms with Crippen LogP contribution < -0.4 is 5.32 Å². The molecule has 2 nitrogen and oxygen atoms in total. The maximum atomic E-state index is 6.65. The van der Waals surface area contributed by atoms with Gasteiger partial charge in [0.1, 0.15) is 0 Å². The van der Waals surface area contributed by atoms with Crippen LogP contribution in [0.15, 0.2) is 0 Å². The number of nitrogens with one attached hydrogen (secondary N) is 1.